The molecule has 0 saturated heterocycles. The van der Waals surface area contributed by atoms with E-state index in [-0.39, 0.29) is 31.2 Å². The standard InChI is InChI=1S/C11H12N2O4/c14-7-1-2-8-9(5-7)13(4-3-11(16)17)6-10(15)12-8/h1-2,5,14H,3-4,6H2,(H,12,15)(H,16,17). The van der Waals surface area contributed by atoms with Crippen molar-refractivity contribution in [1.82, 2.24) is 0 Å². The minimum Gasteiger partial charge on any atom is -0.508 e. The van der Waals surface area contributed by atoms with Crippen molar-refractivity contribution in [2.45, 2.75) is 6.42 Å². The molecule has 1 aromatic carbocycles. The minimum atomic E-state index is -0.919. The number of hydrogen-bond acceptors (Lipinski definition) is 4. The molecule has 0 aliphatic carbocycles. The Balaban J connectivity index is 2.26. The zero-order valence-electron chi connectivity index (χ0n) is 9.01. The van der Waals surface area contributed by atoms with Crippen LogP contribution in [0, 0.1) is 0 Å². The van der Waals surface area contributed by atoms with Gasteiger partial charge < -0.3 is 20.4 Å². The zero-order chi connectivity index (χ0) is 12.4. The number of aromatic hydroxyl groups is 1. The quantitative estimate of drug-likeness (QED) is 0.669. The average Bonchev–Trinajstić information content (AvgIpc) is 2.26. The van der Waals surface area contributed by atoms with Crippen LogP contribution >= 0.6 is 0 Å². The van der Waals surface area contributed by atoms with E-state index in [1.165, 1.54) is 12.1 Å². The SMILES string of the molecule is O=C(O)CCN1CC(=O)Nc2ccc(O)cc21. The number of amides is 1. The van der Waals surface area contributed by atoms with E-state index in [1.807, 2.05) is 0 Å². The molecule has 1 amide bonds. The lowest BCUT2D eigenvalue weighted by atomic mass is 10.1. The highest BCUT2D eigenvalue weighted by Gasteiger charge is 2.22. The van der Waals surface area contributed by atoms with E-state index in [0.29, 0.717) is 11.4 Å². The topological polar surface area (TPSA) is 89.9 Å². The fourth-order valence-corrected chi connectivity index (χ4v) is 1.77. The number of rotatable bonds is 3. The van der Waals surface area contributed by atoms with Crippen LogP contribution in [0.2, 0.25) is 0 Å². The fraction of sp³-hybridized carbons (Fsp3) is 0.273. The molecule has 0 aromatic heterocycles. The van der Waals surface area contributed by atoms with Crippen LogP contribution in [0.3, 0.4) is 0 Å². The number of nitrogens with zero attached hydrogens (tertiary/aromatic N) is 1. The molecule has 2 rings (SSSR count). The van der Waals surface area contributed by atoms with Gasteiger partial charge in [-0.15, -0.1) is 0 Å². The Morgan fingerprint density at radius 1 is 1.47 bits per heavy atom. The minimum absolute atomic E-state index is 0.0532. The number of phenolic OH excluding ortho intramolecular Hbond substituents is 1. The molecule has 3 N–H and O–H groups in total. The number of carboxylic acid groups (broad SMARTS) is 1. The Bertz CT molecular complexity index is 473. The van der Waals surface area contributed by atoms with Crippen LogP contribution in [0.1, 0.15) is 6.42 Å². The lowest BCUT2D eigenvalue weighted by Crippen LogP contribution is -2.39. The third-order valence-corrected chi connectivity index (χ3v) is 2.53. The van der Waals surface area contributed by atoms with E-state index < -0.39 is 5.97 Å². The molecule has 1 aliphatic heterocycles. The highest BCUT2D eigenvalue weighted by molar-refractivity contribution is 6.01. The highest BCUT2D eigenvalue weighted by atomic mass is 16.4. The van der Waals surface area contributed by atoms with Crippen LogP contribution in [-0.4, -0.2) is 35.2 Å². The lowest BCUT2D eigenvalue weighted by molar-refractivity contribution is -0.136. The molecule has 90 valence electrons. The Morgan fingerprint density at radius 2 is 2.24 bits per heavy atom. The molecule has 17 heavy (non-hydrogen) atoms. The number of aliphatic carboxylic acids is 1. The predicted octanol–water partition coefficient (Wildman–Crippen LogP) is 0.625. The first-order valence-electron chi connectivity index (χ1n) is 5.16. The van der Waals surface area contributed by atoms with E-state index in [0.717, 1.165) is 0 Å². The van der Waals surface area contributed by atoms with Gasteiger partial charge in [-0.1, -0.05) is 0 Å². The molecule has 0 saturated carbocycles. The Kier molecular flexibility index (Phi) is 2.86. The fourth-order valence-electron chi connectivity index (χ4n) is 1.77. The normalized spacial score (nSPS) is 14.1. The van der Waals surface area contributed by atoms with Crippen LogP contribution in [0.5, 0.6) is 5.75 Å². The lowest BCUT2D eigenvalue weighted by Gasteiger charge is -2.30. The van der Waals surface area contributed by atoms with Gasteiger partial charge in [0.15, 0.2) is 0 Å². The maximum absolute atomic E-state index is 11.4. The number of carbonyl (C=O) groups is 2. The van der Waals surface area contributed by atoms with Gasteiger partial charge in [0.05, 0.1) is 24.3 Å². The average molecular weight is 236 g/mol. The number of carbonyl (C=O) groups excluding carboxylic acids is 1. The van der Waals surface area contributed by atoms with E-state index in [4.69, 9.17) is 5.11 Å². The van der Waals surface area contributed by atoms with Crippen LogP contribution in [-0.2, 0) is 9.59 Å². The van der Waals surface area contributed by atoms with Crippen molar-refractivity contribution in [2.24, 2.45) is 0 Å². The molecule has 0 bridgehead atoms. The van der Waals surface area contributed by atoms with E-state index in [1.54, 1.807) is 11.0 Å². The Labute approximate surface area is 97.5 Å². The van der Waals surface area contributed by atoms with Gasteiger partial charge in [0.1, 0.15) is 5.75 Å². The van der Waals surface area contributed by atoms with Crippen molar-refractivity contribution in [1.29, 1.82) is 0 Å². The van der Waals surface area contributed by atoms with Gasteiger partial charge in [-0.25, -0.2) is 0 Å². The first-order chi connectivity index (χ1) is 8.06. The summed E-state index contributed by atoms with van der Waals surface area (Å²) >= 11 is 0. The number of phenols is 1. The molecule has 0 radical (unpaired) electrons. The highest BCUT2D eigenvalue weighted by Crippen LogP contribution is 2.32. The number of fused-ring (bicyclic) bond motifs is 1. The Morgan fingerprint density at radius 3 is 2.94 bits per heavy atom. The summed E-state index contributed by atoms with van der Waals surface area (Å²) in [6.45, 7) is 0.336. The maximum atomic E-state index is 11.4. The summed E-state index contributed by atoms with van der Waals surface area (Å²) in [5, 5.41) is 20.7. The second-order valence-corrected chi connectivity index (χ2v) is 3.81. The van der Waals surface area contributed by atoms with Gasteiger partial charge >= 0.3 is 5.97 Å². The molecule has 0 unspecified atom stereocenters. The molecule has 0 atom stereocenters. The van der Waals surface area contributed by atoms with Crippen molar-refractivity contribution < 1.29 is 19.8 Å². The molecule has 0 fully saturated rings. The first-order valence-corrected chi connectivity index (χ1v) is 5.16. The number of benzene rings is 1. The molecule has 1 aromatic rings. The zero-order valence-corrected chi connectivity index (χ0v) is 9.01. The van der Waals surface area contributed by atoms with Crippen molar-refractivity contribution >= 4 is 23.3 Å². The Hall–Kier alpha value is -2.24. The van der Waals surface area contributed by atoms with Crippen molar-refractivity contribution in [3.63, 3.8) is 0 Å². The summed E-state index contributed by atoms with van der Waals surface area (Å²) < 4.78 is 0. The first kappa shape index (κ1) is 11.3. The van der Waals surface area contributed by atoms with Crippen molar-refractivity contribution in [3.8, 4) is 5.75 Å². The number of anilines is 2. The van der Waals surface area contributed by atoms with Crippen molar-refractivity contribution in [2.75, 3.05) is 23.3 Å². The molecule has 6 nitrogen and oxygen atoms in total. The second kappa shape index (κ2) is 4.32. The third kappa shape index (κ3) is 2.47. The third-order valence-electron chi connectivity index (χ3n) is 2.53. The molecular weight excluding hydrogens is 224 g/mol. The number of nitrogens with one attached hydrogen (secondary N) is 1. The monoisotopic (exact) mass is 236 g/mol. The van der Waals surface area contributed by atoms with E-state index in [2.05, 4.69) is 5.32 Å². The van der Waals surface area contributed by atoms with Crippen LogP contribution in [0.4, 0.5) is 11.4 Å². The second-order valence-electron chi connectivity index (χ2n) is 3.81. The van der Waals surface area contributed by atoms with Crippen LogP contribution < -0.4 is 10.2 Å². The van der Waals surface area contributed by atoms with Gasteiger partial charge in [-0.3, -0.25) is 9.59 Å². The molecule has 0 spiro atoms. The summed E-state index contributed by atoms with van der Waals surface area (Å²) in [4.78, 5) is 23.6. The predicted molar refractivity (Wildman–Crippen MR) is 61.2 cm³/mol. The van der Waals surface area contributed by atoms with Gasteiger partial charge in [0, 0.05) is 12.6 Å². The van der Waals surface area contributed by atoms with Crippen LogP contribution in [0.15, 0.2) is 18.2 Å². The van der Waals surface area contributed by atoms with Gasteiger partial charge in [0.2, 0.25) is 5.91 Å². The van der Waals surface area contributed by atoms with Crippen molar-refractivity contribution in [3.05, 3.63) is 18.2 Å². The van der Waals surface area contributed by atoms with Crippen LogP contribution in [0.25, 0.3) is 0 Å². The summed E-state index contributed by atoms with van der Waals surface area (Å²) in [5.74, 6) is -1.02. The van der Waals surface area contributed by atoms with E-state index in [9.17, 15) is 14.7 Å². The summed E-state index contributed by atoms with van der Waals surface area (Å²) in [5.41, 5.74) is 1.23. The summed E-state index contributed by atoms with van der Waals surface area (Å²) in [6.07, 6.45) is -0.0532. The summed E-state index contributed by atoms with van der Waals surface area (Å²) in [7, 11) is 0. The maximum Gasteiger partial charge on any atom is 0.305 e. The summed E-state index contributed by atoms with van der Waals surface area (Å²) in [6, 6.07) is 4.58. The smallest absolute Gasteiger partial charge is 0.305 e. The molecule has 1 heterocycles. The number of carboxylic acids is 1. The molecule has 6 heteroatoms. The molecular formula is C11H12N2O4. The van der Waals surface area contributed by atoms with Gasteiger partial charge in [-0.2, -0.15) is 0 Å². The van der Waals surface area contributed by atoms with Gasteiger partial charge in [-0.05, 0) is 12.1 Å². The van der Waals surface area contributed by atoms with E-state index >= 15 is 0 Å². The largest absolute Gasteiger partial charge is 0.508 e. The number of hydrogen-bond donors (Lipinski definition) is 3. The molecule has 1 aliphatic rings. The van der Waals surface area contributed by atoms with Gasteiger partial charge in [0.25, 0.3) is 0 Å².